The second-order valence-electron chi connectivity index (χ2n) is 6.63. The number of morpholine rings is 1. The summed E-state index contributed by atoms with van der Waals surface area (Å²) in [4.78, 5) is 14.2. The van der Waals surface area contributed by atoms with Crippen LogP contribution in [-0.2, 0) is 15.3 Å². The van der Waals surface area contributed by atoms with Crippen LogP contribution in [0.25, 0.3) is 0 Å². The summed E-state index contributed by atoms with van der Waals surface area (Å²) >= 11 is 1.93. The van der Waals surface area contributed by atoms with Crippen LogP contribution in [0.15, 0.2) is 24.3 Å². The zero-order valence-electron chi connectivity index (χ0n) is 15.1. The van der Waals surface area contributed by atoms with Crippen molar-refractivity contribution in [1.29, 1.82) is 0 Å². The normalized spacial score (nSPS) is 21.6. The number of hydrogen-bond donors (Lipinski definition) is 1. The summed E-state index contributed by atoms with van der Waals surface area (Å²) in [6.07, 6.45) is 1.43. The van der Waals surface area contributed by atoms with Crippen molar-refractivity contribution in [2.45, 2.75) is 45.2 Å². The van der Waals surface area contributed by atoms with E-state index in [0.717, 1.165) is 37.6 Å². The maximum atomic E-state index is 12.0. The van der Waals surface area contributed by atoms with Crippen molar-refractivity contribution in [1.82, 2.24) is 10.2 Å². The molecule has 0 unspecified atom stereocenters. The lowest BCUT2D eigenvalue weighted by molar-refractivity contribution is -0.125. The van der Waals surface area contributed by atoms with Crippen molar-refractivity contribution < 1.29 is 9.53 Å². The van der Waals surface area contributed by atoms with Crippen molar-refractivity contribution in [3.05, 3.63) is 35.4 Å². The van der Waals surface area contributed by atoms with E-state index in [-0.39, 0.29) is 18.1 Å². The summed E-state index contributed by atoms with van der Waals surface area (Å²) in [7, 11) is 0. The van der Waals surface area contributed by atoms with Crippen molar-refractivity contribution >= 4 is 17.7 Å². The Morgan fingerprint density at radius 2 is 2.00 bits per heavy atom. The summed E-state index contributed by atoms with van der Waals surface area (Å²) < 4.78 is 5.69. The lowest BCUT2D eigenvalue weighted by atomic mass is 10.1. The number of hydrogen-bond acceptors (Lipinski definition) is 4. The molecule has 1 aromatic rings. The quantitative estimate of drug-likeness (QED) is 0.732. The molecule has 0 spiro atoms. The van der Waals surface area contributed by atoms with Crippen molar-refractivity contribution in [2.75, 3.05) is 31.9 Å². The van der Waals surface area contributed by atoms with Crippen molar-refractivity contribution in [3.63, 3.8) is 0 Å². The van der Waals surface area contributed by atoms with Gasteiger partial charge in [-0.3, -0.25) is 9.69 Å². The molecular formula is C19H30N2O2S. The Kier molecular flexibility index (Phi) is 8.09. The standard InChI is InChI=1S/C19H30N2O2S/c1-15-7-4-5-8-18(15)14-24-10-6-9-20-19(22)13-21-11-16(2)23-17(3)12-21/h4-5,7-8,16-17H,6,9-14H2,1-3H3,(H,20,22)/t16-,17+. The molecule has 1 amide bonds. The number of nitrogens with zero attached hydrogens (tertiary/aromatic N) is 1. The Labute approximate surface area is 150 Å². The van der Waals surface area contributed by atoms with E-state index >= 15 is 0 Å². The molecule has 0 aliphatic carbocycles. The van der Waals surface area contributed by atoms with Crippen molar-refractivity contribution in [2.24, 2.45) is 0 Å². The van der Waals surface area contributed by atoms with Crippen LogP contribution in [0, 0.1) is 6.92 Å². The van der Waals surface area contributed by atoms with E-state index in [1.54, 1.807) is 0 Å². The van der Waals surface area contributed by atoms with E-state index < -0.39 is 0 Å². The first kappa shape index (κ1) is 19.3. The second kappa shape index (κ2) is 10.1. The highest BCUT2D eigenvalue weighted by Gasteiger charge is 2.23. The van der Waals surface area contributed by atoms with Gasteiger partial charge in [-0.2, -0.15) is 11.8 Å². The molecular weight excluding hydrogens is 320 g/mol. The summed E-state index contributed by atoms with van der Waals surface area (Å²) in [5, 5.41) is 3.03. The Morgan fingerprint density at radius 3 is 2.71 bits per heavy atom. The molecule has 1 saturated heterocycles. The van der Waals surface area contributed by atoms with E-state index in [0.29, 0.717) is 6.54 Å². The van der Waals surface area contributed by atoms with Gasteiger partial charge in [0.25, 0.3) is 0 Å². The van der Waals surface area contributed by atoms with Crippen LogP contribution in [0.3, 0.4) is 0 Å². The monoisotopic (exact) mass is 350 g/mol. The number of benzene rings is 1. The van der Waals surface area contributed by atoms with Gasteiger partial charge in [0.1, 0.15) is 0 Å². The number of aryl methyl sites for hydroxylation is 1. The van der Waals surface area contributed by atoms with Crippen molar-refractivity contribution in [3.8, 4) is 0 Å². The van der Waals surface area contributed by atoms with Gasteiger partial charge in [0, 0.05) is 25.4 Å². The molecule has 0 aromatic heterocycles. The fraction of sp³-hybridized carbons (Fsp3) is 0.632. The minimum Gasteiger partial charge on any atom is -0.373 e. The topological polar surface area (TPSA) is 41.6 Å². The van der Waals surface area contributed by atoms with Crippen LogP contribution in [0.2, 0.25) is 0 Å². The summed E-state index contributed by atoms with van der Waals surface area (Å²) in [5.41, 5.74) is 2.76. The second-order valence-corrected chi connectivity index (χ2v) is 7.74. The minimum atomic E-state index is 0.125. The number of carbonyl (C=O) groups is 1. The van der Waals surface area contributed by atoms with E-state index in [1.165, 1.54) is 11.1 Å². The first-order valence-electron chi connectivity index (χ1n) is 8.81. The molecule has 24 heavy (non-hydrogen) atoms. The first-order valence-corrected chi connectivity index (χ1v) is 9.97. The Morgan fingerprint density at radius 1 is 1.29 bits per heavy atom. The fourth-order valence-corrected chi connectivity index (χ4v) is 4.07. The number of amides is 1. The molecule has 1 aliphatic heterocycles. The van der Waals surface area contributed by atoms with E-state index in [9.17, 15) is 4.79 Å². The third-order valence-corrected chi connectivity index (χ3v) is 5.26. The molecule has 1 aromatic carbocycles. The molecule has 5 heteroatoms. The maximum absolute atomic E-state index is 12.0. The van der Waals surface area contributed by atoms with Crippen LogP contribution in [0.4, 0.5) is 0 Å². The number of nitrogens with one attached hydrogen (secondary N) is 1. The predicted octanol–water partition coefficient (Wildman–Crippen LogP) is 2.84. The van der Waals surface area contributed by atoms with Crippen LogP contribution >= 0.6 is 11.8 Å². The highest BCUT2D eigenvalue weighted by molar-refractivity contribution is 7.98. The van der Waals surface area contributed by atoms with Gasteiger partial charge in [0.15, 0.2) is 0 Å². The number of thioether (sulfide) groups is 1. The SMILES string of the molecule is Cc1ccccc1CSCCCNC(=O)CN1C[C@@H](C)O[C@@H](C)C1. The van der Waals surface area contributed by atoms with Crippen LogP contribution in [-0.4, -0.2) is 54.9 Å². The maximum Gasteiger partial charge on any atom is 0.234 e. The van der Waals surface area contributed by atoms with E-state index in [4.69, 9.17) is 4.74 Å². The highest BCUT2D eigenvalue weighted by Crippen LogP contribution is 2.16. The molecule has 1 heterocycles. The average Bonchev–Trinajstić information content (AvgIpc) is 2.51. The Bertz CT molecular complexity index is 514. The molecule has 0 bridgehead atoms. The molecule has 4 nitrogen and oxygen atoms in total. The number of rotatable bonds is 8. The van der Waals surface area contributed by atoms with Crippen LogP contribution < -0.4 is 5.32 Å². The lowest BCUT2D eigenvalue weighted by Gasteiger charge is -2.34. The van der Waals surface area contributed by atoms with Gasteiger partial charge in [-0.15, -0.1) is 0 Å². The summed E-state index contributed by atoms with van der Waals surface area (Å²) in [6.45, 7) is 9.19. The summed E-state index contributed by atoms with van der Waals surface area (Å²) in [5.74, 6) is 2.24. The van der Waals surface area contributed by atoms with Gasteiger partial charge in [-0.05, 0) is 44.1 Å². The molecule has 1 aliphatic rings. The van der Waals surface area contributed by atoms with Gasteiger partial charge in [-0.1, -0.05) is 24.3 Å². The van der Waals surface area contributed by atoms with Gasteiger partial charge in [0.05, 0.1) is 18.8 Å². The van der Waals surface area contributed by atoms with Gasteiger partial charge < -0.3 is 10.1 Å². The van der Waals surface area contributed by atoms with Crippen LogP contribution in [0.1, 0.15) is 31.4 Å². The lowest BCUT2D eigenvalue weighted by Crippen LogP contribution is -2.49. The molecule has 2 atom stereocenters. The zero-order chi connectivity index (χ0) is 17.4. The van der Waals surface area contributed by atoms with E-state index in [1.807, 2.05) is 11.8 Å². The number of carbonyl (C=O) groups excluding carboxylic acids is 1. The van der Waals surface area contributed by atoms with E-state index in [2.05, 4.69) is 55.3 Å². The molecule has 1 fully saturated rings. The smallest absolute Gasteiger partial charge is 0.234 e. The van der Waals surface area contributed by atoms with Gasteiger partial charge >= 0.3 is 0 Å². The largest absolute Gasteiger partial charge is 0.373 e. The molecule has 0 radical (unpaired) electrons. The zero-order valence-corrected chi connectivity index (χ0v) is 15.9. The summed E-state index contributed by atoms with van der Waals surface area (Å²) in [6, 6.07) is 8.52. The molecule has 134 valence electrons. The van der Waals surface area contributed by atoms with Gasteiger partial charge in [0.2, 0.25) is 5.91 Å². The number of ether oxygens (including phenoxy) is 1. The molecule has 0 saturated carbocycles. The fourth-order valence-electron chi connectivity index (χ4n) is 3.03. The van der Waals surface area contributed by atoms with Crippen LogP contribution in [0.5, 0.6) is 0 Å². The molecule has 1 N–H and O–H groups in total. The predicted molar refractivity (Wildman–Crippen MR) is 101 cm³/mol. The molecule has 2 rings (SSSR count). The van der Waals surface area contributed by atoms with Gasteiger partial charge in [-0.25, -0.2) is 0 Å². The third kappa shape index (κ3) is 6.83. The first-order chi connectivity index (χ1) is 11.5. The Balaban J connectivity index is 1.54. The minimum absolute atomic E-state index is 0.125. The third-order valence-electron chi connectivity index (χ3n) is 4.17. The Hall–Kier alpha value is -1.04. The highest BCUT2D eigenvalue weighted by atomic mass is 32.2. The average molecular weight is 351 g/mol.